The number of methoxy groups -OCH3 is 1. The Balaban J connectivity index is 1.82. The molecule has 0 heterocycles. The fraction of sp³-hybridized carbons (Fsp3) is 0.222. The third kappa shape index (κ3) is 5.82. The van der Waals surface area contributed by atoms with Gasteiger partial charge in [-0.05, 0) is 49.4 Å². The van der Waals surface area contributed by atoms with E-state index in [1.807, 2.05) is 0 Å². The number of nitrogens with one attached hydrogen (secondary N) is 1. The Labute approximate surface area is 160 Å². The van der Waals surface area contributed by atoms with Crippen LogP contribution in [-0.2, 0) is 14.3 Å². The van der Waals surface area contributed by atoms with Gasteiger partial charge in [-0.1, -0.05) is 23.2 Å². The zero-order valence-electron chi connectivity index (χ0n) is 14.1. The molecule has 2 aromatic carbocycles. The summed E-state index contributed by atoms with van der Waals surface area (Å²) >= 11 is 11.8. The lowest BCUT2D eigenvalue weighted by molar-refractivity contribution is -0.153. The minimum absolute atomic E-state index is 0.324. The quantitative estimate of drug-likeness (QED) is 0.715. The lowest BCUT2D eigenvalue weighted by atomic mass is 10.3. The van der Waals surface area contributed by atoms with E-state index in [2.05, 4.69) is 5.32 Å². The molecule has 0 aliphatic carbocycles. The van der Waals surface area contributed by atoms with Gasteiger partial charge in [0.05, 0.1) is 17.8 Å². The van der Waals surface area contributed by atoms with Crippen molar-refractivity contribution in [2.24, 2.45) is 0 Å². The molecule has 0 aliphatic heterocycles. The van der Waals surface area contributed by atoms with Crippen molar-refractivity contribution < 1.29 is 23.8 Å². The van der Waals surface area contributed by atoms with Gasteiger partial charge in [0.1, 0.15) is 11.5 Å². The molecule has 1 unspecified atom stereocenters. The third-order valence-electron chi connectivity index (χ3n) is 3.25. The highest BCUT2D eigenvalue weighted by atomic mass is 35.5. The molecule has 0 spiro atoms. The van der Waals surface area contributed by atoms with E-state index in [9.17, 15) is 9.59 Å². The molecule has 1 atom stereocenters. The van der Waals surface area contributed by atoms with Gasteiger partial charge in [0.15, 0.2) is 12.7 Å². The molecule has 0 aromatic heterocycles. The topological polar surface area (TPSA) is 73.9 Å². The van der Waals surface area contributed by atoms with Crippen LogP contribution in [-0.4, -0.2) is 31.7 Å². The fourth-order valence-corrected chi connectivity index (χ4v) is 2.28. The Kier molecular flexibility index (Phi) is 7.12. The number of carbonyl (C=O) groups excluding carboxylic acids is 2. The van der Waals surface area contributed by atoms with Crippen LogP contribution in [0.25, 0.3) is 0 Å². The van der Waals surface area contributed by atoms with Crippen molar-refractivity contribution in [2.45, 2.75) is 13.0 Å². The van der Waals surface area contributed by atoms with Crippen LogP contribution in [0.3, 0.4) is 0 Å². The molecule has 2 rings (SSSR count). The first-order valence-electron chi connectivity index (χ1n) is 7.61. The normalized spacial score (nSPS) is 11.4. The smallest absolute Gasteiger partial charge is 0.347 e. The number of anilines is 1. The molecule has 0 bridgehead atoms. The summed E-state index contributed by atoms with van der Waals surface area (Å²) in [5, 5.41) is 3.26. The van der Waals surface area contributed by atoms with Gasteiger partial charge in [-0.15, -0.1) is 0 Å². The Hall–Kier alpha value is -2.44. The van der Waals surface area contributed by atoms with Gasteiger partial charge in [0, 0.05) is 5.02 Å². The zero-order chi connectivity index (χ0) is 19.1. The summed E-state index contributed by atoms with van der Waals surface area (Å²) in [6, 6.07) is 11.4. The molecule has 0 saturated carbocycles. The number of halogens is 2. The number of rotatable bonds is 7. The van der Waals surface area contributed by atoms with E-state index in [-0.39, 0.29) is 0 Å². The molecule has 26 heavy (non-hydrogen) atoms. The van der Waals surface area contributed by atoms with Gasteiger partial charge in [-0.3, -0.25) is 4.79 Å². The number of hydrogen-bond acceptors (Lipinski definition) is 5. The summed E-state index contributed by atoms with van der Waals surface area (Å²) in [5.74, 6) is -0.0679. The number of esters is 1. The van der Waals surface area contributed by atoms with Crippen LogP contribution in [0.1, 0.15) is 6.92 Å². The van der Waals surface area contributed by atoms with E-state index in [0.717, 1.165) is 0 Å². The van der Waals surface area contributed by atoms with Gasteiger partial charge in [-0.25, -0.2) is 4.79 Å². The first-order valence-corrected chi connectivity index (χ1v) is 8.37. The van der Waals surface area contributed by atoms with Gasteiger partial charge in [0.25, 0.3) is 5.91 Å². The average Bonchev–Trinajstić information content (AvgIpc) is 2.63. The third-order valence-corrected chi connectivity index (χ3v) is 3.82. The van der Waals surface area contributed by atoms with Gasteiger partial charge in [-0.2, -0.15) is 0 Å². The van der Waals surface area contributed by atoms with E-state index in [4.69, 9.17) is 37.4 Å². The maximum absolute atomic E-state index is 11.9. The van der Waals surface area contributed by atoms with Crippen molar-refractivity contribution in [1.82, 2.24) is 0 Å². The Bertz CT molecular complexity index is 780. The maximum Gasteiger partial charge on any atom is 0.347 e. The van der Waals surface area contributed by atoms with Crippen LogP contribution in [0, 0.1) is 0 Å². The van der Waals surface area contributed by atoms with Crippen molar-refractivity contribution in [3.63, 3.8) is 0 Å². The molecule has 6 nitrogen and oxygen atoms in total. The van der Waals surface area contributed by atoms with E-state index in [1.165, 1.54) is 13.0 Å². The molecule has 0 radical (unpaired) electrons. The summed E-state index contributed by atoms with van der Waals surface area (Å²) in [4.78, 5) is 23.8. The van der Waals surface area contributed by atoms with Crippen LogP contribution in [0.5, 0.6) is 11.5 Å². The minimum Gasteiger partial charge on any atom is -0.497 e. The van der Waals surface area contributed by atoms with Gasteiger partial charge in [0.2, 0.25) is 0 Å². The molecular formula is C18H17Cl2NO5. The predicted molar refractivity (Wildman–Crippen MR) is 99.1 cm³/mol. The van der Waals surface area contributed by atoms with Crippen molar-refractivity contribution in [1.29, 1.82) is 0 Å². The number of amides is 1. The van der Waals surface area contributed by atoms with Crippen LogP contribution in [0.4, 0.5) is 5.69 Å². The summed E-state index contributed by atoms with van der Waals surface area (Å²) in [6.07, 6.45) is -0.883. The lowest BCUT2D eigenvalue weighted by Crippen LogP contribution is -2.29. The Morgan fingerprint density at radius 3 is 2.38 bits per heavy atom. The van der Waals surface area contributed by atoms with Crippen LogP contribution in [0.15, 0.2) is 42.5 Å². The zero-order valence-corrected chi connectivity index (χ0v) is 15.6. The standard InChI is InChI=1S/C18H17Cl2NO5/c1-11(26-14-6-4-13(24-2)5-7-14)18(23)25-10-17(22)21-16-9-12(19)3-8-15(16)20/h3-9,11H,10H2,1-2H3,(H,21,22). The van der Waals surface area contributed by atoms with E-state index in [1.54, 1.807) is 43.5 Å². The molecule has 0 saturated heterocycles. The van der Waals surface area contributed by atoms with Gasteiger partial charge >= 0.3 is 5.97 Å². The maximum atomic E-state index is 11.9. The second kappa shape index (κ2) is 9.31. The largest absolute Gasteiger partial charge is 0.497 e. The van der Waals surface area contributed by atoms with Crippen molar-refractivity contribution in [3.05, 3.63) is 52.5 Å². The lowest BCUT2D eigenvalue weighted by Gasteiger charge is -2.14. The van der Waals surface area contributed by atoms with Crippen molar-refractivity contribution >= 4 is 40.8 Å². The highest BCUT2D eigenvalue weighted by Crippen LogP contribution is 2.25. The van der Waals surface area contributed by atoms with Crippen LogP contribution in [0.2, 0.25) is 10.0 Å². The highest BCUT2D eigenvalue weighted by Gasteiger charge is 2.18. The number of benzene rings is 2. The Morgan fingerprint density at radius 2 is 1.73 bits per heavy atom. The Morgan fingerprint density at radius 1 is 1.08 bits per heavy atom. The summed E-state index contributed by atoms with van der Waals surface area (Å²) in [7, 11) is 1.55. The first kappa shape index (κ1) is 19.9. The number of hydrogen-bond donors (Lipinski definition) is 1. The van der Waals surface area contributed by atoms with Crippen molar-refractivity contribution in [2.75, 3.05) is 19.0 Å². The SMILES string of the molecule is COc1ccc(OC(C)C(=O)OCC(=O)Nc2cc(Cl)ccc2Cl)cc1. The first-order chi connectivity index (χ1) is 12.4. The molecule has 2 aromatic rings. The summed E-state index contributed by atoms with van der Waals surface area (Å²) < 4.78 is 15.5. The number of carbonyl (C=O) groups is 2. The molecule has 1 N–H and O–H groups in total. The van der Waals surface area contributed by atoms with Crippen molar-refractivity contribution in [3.8, 4) is 11.5 Å². The van der Waals surface area contributed by atoms with Crippen LogP contribution < -0.4 is 14.8 Å². The van der Waals surface area contributed by atoms with E-state index < -0.39 is 24.6 Å². The molecule has 138 valence electrons. The van der Waals surface area contributed by atoms with Gasteiger partial charge < -0.3 is 19.5 Å². The van der Waals surface area contributed by atoms with E-state index >= 15 is 0 Å². The second-order valence-electron chi connectivity index (χ2n) is 5.22. The van der Waals surface area contributed by atoms with Crippen LogP contribution >= 0.6 is 23.2 Å². The second-order valence-corrected chi connectivity index (χ2v) is 6.06. The highest BCUT2D eigenvalue weighted by molar-refractivity contribution is 6.35. The minimum atomic E-state index is -0.883. The molecule has 0 fully saturated rings. The fourth-order valence-electron chi connectivity index (χ4n) is 1.94. The molecule has 0 aliphatic rings. The monoisotopic (exact) mass is 397 g/mol. The average molecular weight is 398 g/mol. The molecule has 8 heteroatoms. The summed E-state index contributed by atoms with van der Waals surface area (Å²) in [6.45, 7) is 1.05. The molecule has 1 amide bonds. The summed E-state index contributed by atoms with van der Waals surface area (Å²) in [5.41, 5.74) is 0.336. The predicted octanol–water partition coefficient (Wildman–Crippen LogP) is 3.95. The number of ether oxygens (including phenoxy) is 3. The van der Waals surface area contributed by atoms with E-state index in [0.29, 0.717) is 27.2 Å². The molecular weight excluding hydrogens is 381 g/mol.